The van der Waals surface area contributed by atoms with Gasteiger partial charge in [-0.3, -0.25) is 0 Å². The van der Waals surface area contributed by atoms with E-state index in [0.29, 0.717) is 5.57 Å². The van der Waals surface area contributed by atoms with Crippen molar-refractivity contribution in [1.82, 2.24) is 4.98 Å². The quantitative estimate of drug-likeness (QED) is 0.463. The predicted octanol–water partition coefficient (Wildman–Crippen LogP) is 4.63. The Morgan fingerprint density at radius 2 is 1.82 bits per heavy atom. The number of benzene rings is 2. The van der Waals surface area contributed by atoms with Crippen LogP contribution in [0, 0.1) is 11.3 Å². The molecule has 0 amide bonds. The summed E-state index contributed by atoms with van der Waals surface area (Å²) >= 11 is 3.51. The first kappa shape index (κ1) is 15.0. The molecule has 0 saturated heterocycles. The Kier molecular flexibility index (Phi) is 4.70. The first-order valence-electron chi connectivity index (χ1n) is 6.65. The second-order valence-corrected chi connectivity index (χ2v) is 7.34. The normalized spacial score (nSPS) is 11.2. The summed E-state index contributed by atoms with van der Waals surface area (Å²) in [6, 6.07) is 20.2. The molecule has 4 heteroatoms. The van der Waals surface area contributed by atoms with E-state index in [-0.39, 0.29) is 14.5 Å². The van der Waals surface area contributed by atoms with Gasteiger partial charge in [0.15, 0.2) is 0 Å². The van der Waals surface area contributed by atoms with Gasteiger partial charge in [0.1, 0.15) is 0 Å². The van der Waals surface area contributed by atoms with Crippen LogP contribution in [0.3, 0.4) is 0 Å². The van der Waals surface area contributed by atoms with E-state index in [4.69, 9.17) is 0 Å². The molecule has 0 N–H and O–H groups in total. The second-order valence-electron chi connectivity index (χ2n) is 4.63. The standard InChI is InChI=1S/C18H11BrN2Se/c19-16-8-6-13(7-9-16)10-15(11-20)18-21-17(12-22-18)14-4-2-1-3-5-14/h1-10,12H/b15-10+. The topological polar surface area (TPSA) is 36.7 Å². The van der Waals surface area contributed by atoms with Crippen LogP contribution in [-0.2, 0) is 0 Å². The van der Waals surface area contributed by atoms with Crippen LogP contribution < -0.4 is 0 Å². The third-order valence-corrected chi connectivity index (χ3v) is 5.47. The second kappa shape index (κ2) is 6.89. The van der Waals surface area contributed by atoms with Crippen LogP contribution in [0.1, 0.15) is 10.1 Å². The Morgan fingerprint density at radius 1 is 1.09 bits per heavy atom. The van der Waals surface area contributed by atoms with E-state index in [2.05, 4.69) is 31.9 Å². The summed E-state index contributed by atoms with van der Waals surface area (Å²) in [4.78, 5) is 6.78. The number of hydrogen-bond acceptors (Lipinski definition) is 2. The van der Waals surface area contributed by atoms with Gasteiger partial charge in [-0.05, 0) is 0 Å². The van der Waals surface area contributed by atoms with Crippen molar-refractivity contribution in [3.63, 3.8) is 0 Å². The molecule has 0 aliphatic heterocycles. The number of rotatable bonds is 3. The van der Waals surface area contributed by atoms with Gasteiger partial charge in [0, 0.05) is 0 Å². The van der Waals surface area contributed by atoms with E-state index in [1.54, 1.807) is 0 Å². The molecule has 22 heavy (non-hydrogen) atoms. The molecular weight excluding hydrogens is 403 g/mol. The van der Waals surface area contributed by atoms with E-state index in [9.17, 15) is 5.26 Å². The van der Waals surface area contributed by atoms with Crippen molar-refractivity contribution in [3.8, 4) is 17.3 Å². The monoisotopic (exact) mass is 414 g/mol. The number of nitriles is 1. The molecule has 1 aromatic heterocycles. The number of halogens is 1. The van der Waals surface area contributed by atoms with Crippen LogP contribution >= 0.6 is 15.9 Å². The molecule has 0 radical (unpaired) electrons. The number of hydrogen-bond donors (Lipinski definition) is 0. The van der Waals surface area contributed by atoms with Gasteiger partial charge >= 0.3 is 144 Å². The van der Waals surface area contributed by atoms with Crippen LogP contribution in [0.25, 0.3) is 22.9 Å². The number of nitrogens with zero attached hydrogens (tertiary/aromatic N) is 2. The van der Waals surface area contributed by atoms with Gasteiger partial charge in [-0.15, -0.1) is 0 Å². The summed E-state index contributed by atoms with van der Waals surface area (Å²) in [5, 5.41) is 9.44. The zero-order valence-corrected chi connectivity index (χ0v) is 14.8. The van der Waals surface area contributed by atoms with Crippen LogP contribution in [0.5, 0.6) is 0 Å². The summed E-state index contributed by atoms with van der Waals surface area (Å²) < 4.78 is 1.91. The minimum atomic E-state index is 0.0993. The predicted molar refractivity (Wildman–Crippen MR) is 94.2 cm³/mol. The minimum absolute atomic E-state index is 0.0993. The molecule has 2 aromatic carbocycles. The van der Waals surface area contributed by atoms with Crippen LogP contribution in [0.2, 0.25) is 0 Å². The van der Waals surface area contributed by atoms with Gasteiger partial charge < -0.3 is 0 Å². The maximum atomic E-state index is 9.44. The molecule has 106 valence electrons. The first-order valence-corrected chi connectivity index (χ1v) is 9.29. The van der Waals surface area contributed by atoms with Crippen molar-refractivity contribution in [2.24, 2.45) is 0 Å². The third-order valence-electron chi connectivity index (χ3n) is 3.11. The van der Waals surface area contributed by atoms with Crippen molar-refractivity contribution in [1.29, 1.82) is 5.26 Å². The van der Waals surface area contributed by atoms with E-state index < -0.39 is 0 Å². The molecular formula is C18H11BrN2Se. The zero-order valence-electron chi connectivity index (χ0n) is 11.5. The van der Waals surface area contributed by atoms with Gasteiger partial charge in [0.25, 0.3) is 0 Å². The summed E-state index contributed by atoms with van der Waals surface area (Å²) in [6.45, 7) is 0. The number of allylic oxidation sites excluding steroid dienone is 1. The fourth-order valence-electron chi connectivity index (χ4n) is 2.01. The fourth-order valence-corrected chi connectivity index (χ4v) is 3.94. The van der Waals surface area contributed by atoms with Gasteiger partial charge in [-0.1, -0.05) is 0 Å². The Morgan fingerprint density at radius 3 is 2.50 bits per heavy atom. The van der Waals surface area contributed by atoms with Crippen molar-refractivity contribution in [2.75, 3.05) is 0 Å². The van der Waals surface area contributed by atoms with Crippen molar-refractivity contribution >= 4 is 42.1 Å². The Bertz CT molecular complexity index is 843. The molecule has 0 spiro atoms. The maximum absolute atomic E-state index is 9.44. The van der Waals surface area contributed by atoms with Crippen molar-refractivity contribution in [2.45, 2.75) is 0 Å². The Labute approximate surface area is 143 Å². The van der Waals surface area contributed by atoms with Gasteiger partial charge in [-0.2, -0.15) is 0 Å². The third kappa shape index (κ3) is 3.45. The van der Waals surface area contributed by atoms with Crippen molar-refractivity contribution < 1.29 is 0 Å². The summed E-state index contributed by atoms with van der Waals surface area (Å²) in [5.74, 6) is 0. The first-order chi connectivity index (χ1) is 10.8. The van der Waals surface area contributed by atoms with E-state index >= 15 is 0 Å². The van der Waals surface area contributed by atoms with Crippen molar-refractivity contribution in [3.05, 3.63) is 74.1 Å². The van der Waals surface area contributed by atoms with Crippen LogP contribution in [-0.4, -0.2) is 19.5 Å². The molecule has 0 unspecified atom stereocenters. The van der Waals surface area contributed by atoms with E-state index in [1.165, 1.54) is 0 Å². The summed E-state index contributed by atoms with van der Waals surface area (Å²) in [5.41, 5.74) is 3.71. The molecule has 0 atom stereocenters. The SMILES string of the molecule is N#C/C(=C\c1ccc(Br)cc1)c1nc(-c2ccccc2)c[se]1. The summed E-state index contributed by atoms with van der Waals surface area (Å²) in [6.07, 6.45) is 1.90. The molecule has 1 heterocycles. The average Bonchev–Trinajstić information content (AvgIpc) is 3.05. The Balaban J connectivity index is 1.94. The van der Waals surface area contributed by atoms with E-state index in [1.807, 2.05) is 60.7 Å². The molecule has 3 aromatic rings. The van der Waals surface area contributed by atoms with Crippen LogP contribution in [0.4, 0.5) is 0 Å². The molecule has 0 aliphatic rings. The Hall–Kier alpha value is -1.92. The van der Waals surface area contributed by atoms with Gasteiger partial charge in [0.2, 0.25) is 0 Å². The molecule has 0 aliphatic carbocycles. The zero-order chi connectivity index (χ0) is 15.4. The fraction of sp³-hybridized carbons (Fsp3) is 0. The molecule has 0 saturated carbocycles. The van der Waals surface area contributed by atoms with E-state index in [0.717, 1.165) is 25.9 Å². The summed E-state index contributed by atoms with van der Waals surface area (Å²) in [7, 11) is 0. The molecule has 2 nitrogen and oxygen atoms in total. The molecule has 3 rings (SSSR count). The molecule has 0 bridgehead atoms. The van der Waals surface area contributed by atoms with Crippen LogP contribution in [0.15, 0.2) is 64.0 Å². The molecule has 0 fully saturated rings. The van der Waals surface area contributed by atoms with Gasteiger partial charge in [0.05, 0.1) is 0 Å². The van der Waals surface area contributed by atoms with Gasteiger partial charge in [-0.25, -0.2) is 0 Å². The number of aromatic nitrogens is 1. The average molecular weight is 414 g/mol.